The van der Waals surface area contributed by atoms with Crippen LogP contribution < -0.4 is 5.73 Å². The zero-order chi connectivity index (χ0) is 18.3. The summed E-state index contributed by atoms with van der Waals surface area (Å²) in [5, 5.41) is 0. The van der Waals surface area contributed by atoms with Gasteiger partial charge in [0.15, 0.2) is 0 Å². The maximum absolute atomic E-state index is 13.1. The van der Waals surface area contributed by atoms with Crippen LogP contribution in [0.25, 0.3) is 0 Å². The van der Waals surface area contributed by atoms with Crippen molar-refractivity contribution in [1.82, 2.24) is 9.21 Å². The van der Waals surface area contributed by atoms with E-state index in [0.717, 1.165) is 19.3 Å². The van der Waals surface area contributed by atoms with Crippen LogP contribution in [-0.2, 0) is 14.8 Å². The molecule has 4 atom stereocenters. The molecule has 1 aromatic rings. The Hall–Kier alpha value is -1.44. The van der Waals surface area contributed by atoms with Gasteiger partial charge in [0.25, 0.3) is 0 Å². The zero-order valence-electron chi connectivity index (χ0n) is 15.0. The molecule has 0 radical (unpaired) electrons. The summed E-state index contributed by atoms with van der Waals surface area (Å²) >= 11 is 0. The van der Waals surface area contributed by atoms with Crippen LogP contribution in [0.3, 0.4) is 0 Å². The SMILES string of the molecule is NC1C2CCC(C2)C1C(=O)N1CCCN(S(=O)(=O)c2ccccc2)CC1. The van der Waals surface area contributed by atoms with Crippen molar-refractivity contribution in [3.63, 3.8) is 0 Å². The Morgan fingerprint density at radius 3 is 2.42 bits per heavy atom. The predicted octanol–water partition coefficient (Wildman–Crippen LogP) is 1.28. The van der Waals surface area contributed by atoms with Crippen molar-refractivity contribution in [1.29, 1.82) is 0 Å². The summed E-state index contributed by atoms with van der Waals surface area (Å²) in [6.07, 6.45) is 4.00. The molecule has 4 rings (SSSR count). The van der Waals surface area contributed by atoms with Crippen molar-refractivity contribution in [3.8, 4) is 0 Å². The second kappa shape index (κ2) is 6.94. The first-order valence-electron chi connectivity index (χ1n) is 9.58. The van der Waals surface area contributed by atoms with E-state index in [1.165, 1.54) is 4.31 Å². The fraction of sp³-hybridized carbons (Fsp3) is 0.632. The number of hydrogen-bond donors (Lipinski definition) is 1. The fourth-order valence-electron chi connectivity index (χ4n) is 5.01. The van der Waals surface area contributed by atoms with E-state index in [1.807, 2.05) is 4.90 Å². The number of fused-ring (bicyclic) bond motifs is 2. The molecule has 142 valence electrons. The average Bonchev–Trinajstić information content (AvgIpc) is 3.13. The first-order chi connectivity index (χ1) is 12.5. The lowest BCUT2D eigenvalue weighted by molar-refractivity contribution is -0.137. The highest BCUT2D eigenvalue weighted by molar-refractivity contribution is 7.89. The van der Waals surface area contributed by atoms with Gasteiger partial charge in [0.2, 0.25) is 15.9 Å². The molecule has 26 heavy (non-hydrogen) atoms. The maximum atomic E-state index is 13.1. The van der Waals surface area contributed by atoms with Crippen LogP contribution in [0.15, 0.2) is 35.2 Å². The van der Waals surface area contributed by atoms with Gasteiger partial charge in [-0.15, -0.1) is 0 Å². The molecule has 1 aromatic carbocycles. The lowest BCUT2D eigenvalue weighted by Gasteiger charge is -2.32. The molecule has 0 spiro atoms. The lowest BCUT2D eigenvalue weighted by Crippen LogP contribution is -2.48. The molecule has 0 aromatic heterocycles. The summed E-state index contributed by atoms with van der Waals surface area (Å²) in [4.78, 5) is 15.2. The van der Waals surface area contributed by atoms with Gasteiger partial charge in [0, 0.05) is 32.2 Å². The standard InChI is InChI=1S/C19H27N3O3S/c20-18-15-8-7-14(13-15)17(18)19(23)21-9-4-10-22(12-11-21)26(24,25)16-5-2-1-3-6-16/h1-3,5-6,14-15,17-18H,4,7-13,20H2. The Morgan fingerprint density at radius 2 is 1.73 bits per heavy atom. The molecule has 7 heteroatoms. The van der Waals surface area contributed by atoms with Crippen molar-refractivity contribution >= 4 is 15.9 Å². The van der Waals surface area contributed by atoms with Crippen LogP contribution >= 0.6 is 0 Å². The third-order valence-electron chi connectivity index (χ3n) is 6.41. The Morgan fingerprint density at radius 1 is 1.00 bits per heavy atom. The van der Waals surface area contributed by atoms with E-state index >= 15 is 0 Å². The van der Waals surface area contributed by atoms with E-state index in [-0.39, 0.29) is 17.9 Å². The summed E-state index contributed by atoms with van der Waals surface area (Å²) in [6.45, 7) is 1.86. The summed E-state index contributed by atoms with van der Waals surface area (Å²) in [7, 11) is -3.50. The minimum Gasteiger partial charge on any atom is -0.341 e. The van der Waals surface area contributed by atoms with Gasteiger partial charge >= 0.3 is 0 Å². The van der Waals surface area contributed by atoms with Crippen LogP contribution in [0.2, 0.25) is 0 Å². The van der Waals surface area contributed by atoms with E-state index in [0.29, 0.717) is 49.3 Å². The van der Waals surface area contributed by atoms with E-state index in [4.69, 9.17) is 5.73 Å². The Labute approximate surface area is 155 Å². The average molecular weight is 378 g/mol. The molecule has 2 aliphatic carbocycles. The quantitative estimate of drug-likeness (QED) is 0.860. The Balaban J connectivity index is 1.45. The van der Waals surface area contributed by atoms with Crippen LogP contribution in [0, 0.1) is 17.8 Å². The number of nitrogens with two attached hydrogens (primary N) is 1. The number of hydrogen-bond acceptors (Lipinski definition) is 4. The van der Waals surface area contributed by atoms with E-state index in [9.17, 15) is 13.2 Å². The minimum absolute atomic E-state index is 0.0198. The van der Waals surface area contributed by atoms with Gasteiger partial charge < -0.3 is 10.6 Å². The summed E-state index contributed by atoms with van der Waals surface area (Å²) < 4.78 is 27.2. The van der Waals surface area contributed by atoms with Crippen molar-refractivity contribution in [2.45, 2.75) is 36.6 Å². The molecule has 1 saturated heterocycles. The first kappa shape index (κ1) is 17.9. The minimum atomic E-state index is -3.50. The van der Waals surface area contributed by atoms with E-state index in [2.05, 4.69) is 0 Å². The van der Waals surface area contributed by atoms with Crippen LogP contribution in [0.1, 0.15) is 25.7 Å². The largest absolute Gasteiger partial charge is 0.341 e. The van der Waals surface area contributed by atoms with Crippen LogP contribution in [0.4, 0.5) is 0 Å². The molecule has 1 heterocycles. The van der Waals surface area contributed by atoms with Crippen molar-refractivity contribution in [3.05, 3.63) is 30.3 Å². The number of sulfonamides is 1. The smallest absolute Gasteiger partial charge is 0.243 e. The molecular weight excluding hydrogens is 350 g/mol. The highest BCUT2D eigenvalue weighted by Gasteiger charge is 2.50. The monoisotopic (exact) mass is 377 g/mol. The normalized spacial score (nSPS) is 32.6. The molecule has 2 saturated carbocycles. The molecule has 1 amide bonds. The van der Waals surface area contributed by atoms with Gasteiger partial charge in [0.1, 0.15) is 0 Å². The van der Waals surface area contributed by atoms with Crippen molar-refractivity contribution < 1.29 is 13.2 Å². The number of benzene rings is 1. The third-order valence-corrected chi connectivity index (χ3v) is 8.33. The molecule has 4 unspecified atom stereocenters. The molecular formula is C19H27N3O3S. The number of nitrogens with zero attached hydrogens (tertiary/aromatic N) is 2. The molecule has 1 aliphatic heterocycles. The number of carbonyl (C=O) groups is 1. The third kappa shape index (κ3) is 3.06. The van der Waals surface area contributed by atoms with E-state index in [1.54, 1.807) is 30.3 Å². The van der Waals surface area contributed by atoms with E-state index < -0.39 is 10.0 Å². The first-order valence-corrected chi connectivity index (χ1v) is 11.0. The molecule has 3 aliphatic rings. The van der Waals surface area contributed by atoms with Gasteiger partial charge in [-0.3, -0.25) is 4.79 Å². The molecule has 3 fully saturated rings. The summed E-state index contributed by atoms with van der Waals surface area (Å²) in [6, 6.07) is 8.50. The summed E-state index contributed by atoms with van der Waals surface area (Å²) in [5.74, 6) is 1.00. The van der Waals surface area contributed by atoms with Gasteiger partial charge in [-0.1, -0.05) is 18.2 Å². The van der Waals surface area contributed by atoms with Gasteiger partial charge in [-0.2, -0.15) is 4.31 Å². The molecule has 2 N–H and O–H groups in total. The second-order valence-electron chi connectivity index (χ2n) is 7.83. The lowest BCUT2D eigenvalue weighted by atomic mass is 9.84. The van der Waals surface area contributed by atoms with Crippen molar-refractivity contribution in [2.24, 2.45) is 23.5 Å². The second-order valence-corrected chi connectivity index (χ2v) is 9.77. The molecule has 6 nitrogen and oxygen atoms in total. The predicted molar refractivity (Wildman–Crippen MR) is 98.7 cm³/mol. The van der Waals surface area contributed by atoms with Gasteiger partial charge in [0.05, 0.1) is 10.8 Å². The zero-order valence-corrected chi connectivity index (χ0v) is 15.8. The highest BCUT2D eigenvalue weighted by atomic mass is 32.2. The van der Waals surface area contributed by atoms with Crippen LogP contribution in [0.5, 0.6) is 0 Å². The highest BCUT2D eigenvalue weighted by Crippen LogP contribution is 2.48. The number of amides is 1. The van der Waals surface area contributed by atoms with Gasteiger partial charge in [-0.25, -0.2) is 8.42 Å². The van der Waals surface area contributed by atoms with Crippen LogP contribution in [-0.4, -0.2) is 55.8 Å². The molecule has 2 bridgehead atoms. The topological polar surface area (TPSA) is 83.7 Å². The fourth-order valence-corrected chi connectivity index (χ4v) is 6.50. The van der Waals surface area contributed by atoms with Crippen molar-refractivity contribution in [2.75, 3.05) is 26.2 Å². The Bertz CT molecular complexity index is 765. The maximum Gasteiger partial charge on any atom is 0.243 e. The number of rotatable bonds is 3. The Kier molecular flexibility index (Phi) is 4.79. The van der Waals surface area contributed by atoms with Gasteiger partial charge in [-0.05, 0) is 49.7 Å². The number of carbonyl (C=O) groups excluding carboxylic acids is 1. The summed E-state index contributed by atoms with van der Waals surface area (Å²) in [5.41, 5.74) is 6.33.